The molecule has 0 spiro atoms. The first-order valence-corrected chi connectivity index (χ1v) is 6.28. The zero-order chi connectivity index (χ0) is 11.0. The van der Waals surface area contributed by atoms with Gasteiger partial charge in [0.2, 0.25) is 0 Å². The third-order valence-electron chi connectivity index (χ3n) is 3.69. The second-order valence-electron chi connectivity index (χ2n) is 5.00. The van der Waals surface area contributed by atoms with E-state index in [-0.39, 0.29) is 12.2 Å². The SMILES string of the molecule is OC1CC(Oc2ccc3c(c2)CCCC3)C1. The van der Waals surface area contributed by atoms with Gasteiger partial charge in [-0.15, -0.1) is 0 Å². The number of fused-ring (bicyclic) bond motifs is 1. The highest BCUT2D eigenvalue weighted by atomic mass is 16.5. The standard InChI is InChI=1S/C14H18O2/c15-12-8-14(9-12)16-13-6-5-10-3-1-2-4-11(10)7-13/h5-7,12,14-15H,1-4,8-9H2. The molecule has 1 fully saturated rings. The normalized spacial score (nSPS) is 28.1. The summed E-state index contributed by atoms with van der Waals surface area (Å²) in [7, 11) is 0. The van der Waals surface area contributed by atoms with Crippen molar-refractivity contribution in [1.82, 2.24) is 0 Å². The van der Waals surface area contributed by atoms with Crippen LogP contribution in [0.1, 0.15) is 36.8 Å². The Morgan fingerprint density at radius 2 is 1.81 bits per heavy atom. The number of aliphatic hydroxyl groups is 1. The molecule has 86 valence electrons. The highest BCUT2D eigenvalue weighted by Gasteiger charge is 2.29. The molecule has 1 aromatic carbocycles. The van der Waals surface area contributed by atoms with Crippen molar-refractivity contribution >= 4 is 0 Å². The number of hydrogen-bond donors (Lipinski definition) is 1. The van der Waals surface area contributed by atoms with E-state index in [4.69, 9.17) is 4.74 Å². The molecule has 16 heavy (non-hydrogen) atoms. The van der Waals surface area contributed by atoms with Crippen LogP contribution in [-0.4, -0.2) is 17.3 Å². The second kappa shape index (κ2) is 4.10. The number of benzene rings is 1. The molecule has 0 heterocycles. The summed E-state index contributed by atoms with van der Waals surface area (Å²) < 4.78 is 5.83. The molecule has 0 aliphatic heterocycles. The molecule has 0 unspecified atom stereocenters. The maximum atomic E-state index is 9.21. The van der Waals surface area contributed by atoms with Gasteiger partial charge in [0.25, 0.3) is 0 Å². The van der Waals surface area contributed by atoms with E-state index in [1.165, 1.54) is 36.8 Å². The van der Waals surface area contributed by atoms with Gasteiger partial charge in [0.05, 0.1) is 6.10 Å². The Hall–Kier alpha value is -1.02. The number of aliphatic hydroxyl groups excluding tert-OH is 1. The molecule has 0 amide bonds. The van der Waals surface area contributed by atoms with Crippen LogP contribution in [0.2, 0.25) is 0 Å². The molecule has 2 aliphatic rings. The van der Waals surface area contributed by atoms with Crippen LogP contribution < -0.4 is 4.74 Å². The van der Waals surface area contributed by atoms with E-state index < -0.39 is 0 Å². The molecule has 2 heteroatoms. The molecular weight excluding hydrogens is 200 g/mol. The first-order valence-electron chi connectivity index (χ1n) is 6.28. The van der Waals surface area contributed by atoms with Crippen molar-refractivity contribution in [3.8, 4) is 5.75 Å². The Kier molecular flexibility index (Phi) is 2.60. The highest BCUT2D eigenvalue weighted by molar-refractivity contribution is 5.37. The van der Waals surface area contributed by atoms with E-state index >= 15 is 0 Å². The van der Waals surface area contributed by atoms with Gasteiger partial charge in [-0.25, -0.2) is 0 Å². The third kappa shape index (κ3) is 1.94. The summed E-state index contributed by atoms with van der Waals surface area (Å²) in [6, 6.07) is 6.48. The topological polar surface area (TPSA) is 29.5 Å². The molecule has 1 saturated carbocycles. The Labute approximate surface area is 96.2 Å². The monoisotopic (exact) mass is 218 g/mol. The smallest absolute Gasteiger partial charge is 0.120 e. The average Bonchev–Trinajstić information content (AvgIpc) is 2.27. The van der Waals surface area contributed by atoms with E-state index in [9.17, 15) is 5.11 Å². The van der Waals surface area contributed by atoms with Gasteiger partial charge in [0.15, 0.2) is 0 Å². The average molecular weight is 218 g/mol. The number of aryl methyl sites for hydroxylation is 2. The zero-order valence-electron chi connectivity index (χ0n) is 9.48. The van der Waals surface area contributed by atoms with E-state index in [0.717, 1.165) is 18.6 Å². The van der Waals surface area contributed by atoms with Crippen molar-refractivity contribution in [2.24, 2.45) is 0 Å². The molecule has 3 rings (SSSR count). The molecule has 0 radical (unpaired) electrons. The van der Waals surface area contributed by atoms with Crippen LogP contribution >= 0.6 is 0 Å². The lowest BCUT2D eigenvalue weighted by atomic mass is 9.91. The minimum absolute atomic E-state index is 0.136. The number of rotatable bonds is 2. The van der Waals surface area contributed by atoms with E-state index in [1.807, 2.05) is 0 Å². The van der Waals surface area contributed by atoms with Gasteiger partial charge in [-0.2, -0.15) is 0 Å². The molecule has 2 nitrogen and oxygen atoms in total. The van der Waals surface area contributed by atoms with Gasteiger partial charge < -0.3 is 9.84 Å². The summed E-state index contributed by atoms with van der Waals surface area (Å²) in [5, 5.41) is 9.21. The van der Waals surface area contributed by atoms with Crippen LogP contribution in [0.3, 0.4) is 0 Å². The highest BCUT2D eigenvalue weighted by Crippen LogP contribution is 2.29. The van der Waals surface area contributed by atoms with Crippen molar-refractivity contribution < 1.29 is 9.84 Å². The lowest BCUT2D eigenvalue weighted by molar-refractivity contribution is -0.0108. The lowest BCUT2D eigenvalue weighted by Crippen LogP contribution is -2.37. The Balaban J connectivity index is 1.71. The molecule has 0 atom stereocenters. The van der Waals surface area contributed by atoms with Crippen molar-refractivity contribution in [2.45, 2.75) is 50.7 Å². The fourth-order valence-corrected chi connectivity index (χ4v) is 2.61. The minimum atomic E-state index is -0.136. The predicted molar refractivity (Wildman–Crippen MR) is 62.7 cm³/mol. The van der Waals surface area contributed by atoms with E-state index in [2.05, 4.69) is 18.2 Å². The van der Waals surface area contributed by atoms with Crippen LogP contribution in [0, 0.1) is 0 Å². The summed E-state index contributed by atoms with van der Waals surface area (Å²) in [6.45, 7) is 0. The van der Waals surface area contributed by atoms with Crippen molar-refractivity contribution in [3.05, 3.63) is 29.3 Å². The van der Waals surface area contributed by atoms with Gasteiger partial charge in [0.1, 0.15) is 11.9 Å². The van der Waals surface area contributed by atoms with Crippen LogP contribution in [-0.2, 0) is 12.8 Å². The fraction of sp³-hybridized carbons (Fsp3) is 0.571. The first kappa shape index (κ1) is 10.2. The Morgan fingerprint density at radius 3 is 2.56 bits per heavy atom. The van der Waals surface area contributed by atoms with Gasteiger partial charge in [-0.3, -0.25) is 0 Å². The molecule has 1 N–H and O–H groups in total. The molecule has 0 saturated heterocycles. The molecule has 2 aliphatic carbocycles. The van der Waals surface area contributed by atoms with Gasteiger partial charge in [-0.05, 0) is 48.9 Å². The van der Waals surface area contributed by atoms with Gasteiger partial charge in [0, 0.05) is 12.8 Å². The number of ether oxygens (including phenoxy) is 1. The Morgan fingerprint density at radius 1 is 1.06 bits per heavy atom. The van der Waals surface area contributed by atoms with Crippen LogP contribution in [0.15, 0.2) is 18.2 Å². The molecule has 0 bridgehead atoms. The summed E-state index contributed by atoms with van der Waals surface area (Å²) in [6.07, 6.45) is 6.71. The lowest BCUT2D eigenvalue weighted by Gasteiger charge is -2.32. The van der Waals surface area contributed by atoms with Crippen molar-refractivity contribution in [3.63, 3.8) is 0 Å². The maximum Gasteiger partial charge on any atom is 0.120 e. The zero-order valence-corrected chi connectivity index (χ0v) is 9.48. The summed E-state index contributed by atoms with van der Waals surface area (Å²) in [5.41, 5.74) is 2.95. The number of hydrogen-bond acceptors (Lipinski definition) is 2. The first-order chi connectivity index (χ1) is 7.81. The minimum Gasteiger partial charge on any atom is -0.490 e. The van der Waals surface area contributed by atoms with Crippen LogP contribution in [0.25, 0.3) is 0 Å². The van der Waals surface area contributed by atoms with Gasteiger partial charge >= 0.3 is 0 Å². The largest absolute Gasteiger partial charge is 0.490 e. The van der Waals surface area contributed by atoms with Crippen molar-refractivity contribution in [1.29, 1.82) is 0 Å². The predicted octanol–water partition coefficient (Wildman–Crippen LogP) is 2.47. The van der Waals surface area contributed by atoms with Gasteiger partial charge in [-0.1, -0.05) is 6.07 Å². The van der Waals surface area contributed by atoms with Crippen LogP contribution in [0.4, 0.5) is 0 Å². The quantitative estimate of drug-likeness (QED) is 0.826. The van der Waals surface area contributed by atoms with E-state index in [1.54, 1.807) is 0 Å². The Bertz CT molecular complexity index is 380. The van der Waals surface area contributed by atoms with Crippen molar-refractivity contribution in [2.75, 3.05) is 0 Å². The summed E-state index contributed by atoms with van der Waals surface area (Å²) in [4.78, 5) is 0. The molecule has 1 aromatic rings. The molecule has 0 aromatic heterocycles. The van der Waals surface area contributed by atoms with E-state index in [0.29, 0.717) is 0 Å². The maximum absolute atomic E-state index is 9.21. The second-order valence-corrected chi connectivity index (χ2v) is 5.00. The fourth-order valence-electron chi connectivity index (χ4n) is 2.61. The third-order valence-corrected chi connectivity index (χ3v) is 3.69. The van der Waals surface area contributed by atoms with Crippen LogP contribution in [0.5, 0.6) is 5.75 Å². The summed E-state index contributed by atoms with van der Waals surface area (Å²) >= 11 is 0. The summed E-state index contributed by atoms with van der Waals surface area (Å²) in [5.74, 6) is 0.984. The molecular formula is C14H18O2.